The number of phosphoric ester groups is 1. The van der Waals surface area contributed by atoms with E-state index in [-0.39, 0.29) is 44.0 Å². The molecule has 0 radical (unpaired) electrons. The number of cyclic esters (lactones) is 1. The Morgan fingerprint density at radius 3 is 2.63 bits per heavy atom. The SMILES string of the molecule is C[C@@](O)(/C=C/[C@@H]1CC=CC(=O)O1)[C@@H](C[C@@H](O)\C=C/C=C\C=C\CO)OP(=O)(O)O.[H-].[Na+]. The number of hydrogen-bond acceptors (Lipinski definition) is 7. The molecule has 1 heterocycles. The Morgan fingerprint density at radius 2 is 2.03 bits per heavy atom. The van der Waals surface area contributed by atoms with Crippen LogP contribution in [0.25, 0.3) is 0 Å². The molecule has 1 aliphatic heterocycles. The quantitative estimate of drug-likeness (QED) is 0.0798. The summed E-state index contributed by atoms with van der Waals surface area (Å²) in [6, 6.07) is 0. The number of aliphatic hydroxyl groups is 3. The van der Waals surface area contributed by atoms with Crippen molar-refractivity contribution in [2.45, 2.75) is 43.7 Å². The first-order valence-corrected chi connectivity index (χ1v) is 10.4. The first-order valence-electron chi connectivity index (χ1n) is 8.85. The van der Waals surface area contributed by atoms with Crippen LogP contribution in [0.4, 0.5) is 0 Å². The zero-order valence-electron chi connectivity index (χ0n) is 17.9. The van der Waals surface area contributed by atoms with Crippen LogP contribution in [0.5, 0.6) is 0 Å². The number of hydrogen-bond donors (Lipinski definition) is 5. The number of phosphoric acid groups is 1. The van der Waals surface area contributed by atoms with Crippen molar-refractivity contribution in [3.05, 3.63) is 60.8 Å². The van der Waals surface area contributed by atoms with Gasteiger partial charge in [0.25, 0.3) is 0 Å². The molecule has 0 fully saturated rings. The maximum absolute atomic E-state index is 11.3. The van der Waals surface area contributed by atoms with Gasteiger partial charge in [0.2, 0.25) is 0 Å². The third kappa shape index (κ3) is 12.8. The van der Waals surface area contributed by atoms with Crippen LogP contribution in [-0.2, 0) is 18.6 Å². The molecule has 5 N–H and O–H groups in total. The summed E-state index contributed by atoms with van der Waals surface area (Å²) in [6.07, 6.45) is 11.5. The number of rotatable bonds is 11. The summed E-state index contributed by atoms with van der Waals surface area (Å²) in [5.74, 6) is -0.531. The van der Waals surface area contributed by atoms with E-state index >= 15 is 0 Å². The average Bonchev–Trinajstić information content (AvgIpc) is 2.61. The Hall–Kier alpha value is -0.840. The van der Waals surface area contributed by atoms with Gasteiger partial charge in [-0.25, -0.2) is 9.36 Å². The van der Waals surface area contributed by atoms with Crippen LogP contribution in [0.3, 0.4) is 0 Å². The monoisotopic (exact) mass is 454 g/mol. The fourth-order valence-electron chi connectivity index (χ4n) is 2.37. The molecule has 0 aromatic rings. The molecular formula is C19H28NaO9P. The van der Waals surface area contributed by atoms with Gasteiger partial charge in [-0.3, -0.25) is 4.52 Å². The zero-order valence-corrected chi connectivity index (χ0v) is 19.8. The Bertz CT molecular complexity index is 728. The minimum Gasteiger partial charge on any atom is -1.00 e. The largest absolute Gasteiger partial charge is 1.00 e. The maximum Gasteiger partial charge on any atom is 1.00 e. The van der Waals surface area contributed by atoms with Gasteiger partial charge in [0, 0.05) is 18.9 Å². The number of allylic oxidation sites excluding steroid dienone is 4. The van der Waals surface area contributed by atoms with Crippen molar-refractivity contribution in [1.82, 2.24) is 0 Å². The van der Waals surface area contributed by atoms with Crippen molar-refractivity contribution < 1.29 is 74.7 Å². The molecule has 0 aromatic carbocycles. The number of esters is 1. The molecule has 0 saturated carbocycles. The van der Waals surface area contributed by atoms with Crippen molar-refractivity contribution in [3.8, 4) is 0 Å². The van der Waals surface area contributed by atoms with Gasteiger partial charge in [0.1, 0.15) is 17.8 Å². The zero-order chi connectivity index (χ0) is 21.9. The van der Waals surface area contributed by atoms with E-state index in [0.717, 1.165) is 0 Å². The second-order valence-corrected chi connectivity index (χ2v) is 7.66. The van der Waals surface area contributed by atoms with Gasteiger partial charge < -0.3 is 31.3 Å². The molecule has 30 heavy (non-hydrogen) atoms. The Morgan fingerprint density at radius 1 is 1.37 bits per heavy atom. The molecule has 4 atom stereocenters. The van der Waals surface area contributed by atoms with Crippen LogP contribution in [0.2, 0.25) is 0 Å². The summed E-state index contributed by atoms with van der Waals surface area (Å²) in [7, 11) is -4.96. The predicted molar refractivity (Wildman–Crippen MR) is 107 cm³/mol. The van der Waals surface area contributed by atoms with E-state index in [2.05, 4.69) is 4.52 Å². The van der Waals surface area contributed by atoms with Crippen LogP contribution in [0, 0.1) is 0 Å². The maximum atomic E-state index is 11.3. The van der Waals surface area contributed by atoms with E-state index in [1.54, 1.807) is 24.3 Å². The summed E-state index contributed by atoms with van der Waals surface area (Å²) in [6.45, 7) is 1.16. The smallest absolute Gasteiger partial charge is 1.00 e. The van der Waals surface area contributed by atoms with Crippen molar-refractivity contribution in [3.63, 3.8) is 0 Å². The van der Waals surface area contributed by atoms with Crippen molar-refractivity contribution in [2.75, 3.05) is 6.61 Å². The molecule has 0 spiro atoms. The fourth-order valence-corrected chi connectivity index (χ4v) is 3.01. The summed E-state index contributed by atoms with van der Waals surface area (Å²) in [5.41, 5.74) is -1.87. The molecule has 1 aliphatic rings. The Balaban J connectivity index is 0. The third-order valence-corrected chi connectivity index (χ3v) is 4.35. The summed E-state index contributed by atoms with van der Waals surface area (Å²) in [4.78, 5) is 29.6. The normalized spacial score (nSPS) is 21.8. The molecule has 0 aromatic heterocycles. The van der Waals surface area contributed by atoms with E-state index in [1.165, 1.54) is 43.4 Å². The number of carbonyl (C=O) groups is 1. The molecule has 0 saturated heterocycles. The number of ether oxygens (including phenoxy) is 1. The summed E-state index contributed by atoms with van der Waals surface area (Å²) >= 11 is 0. The van der Waals surface area contributed by atoms with Gasteiger partial charge in [-0.1, -0.05) is 48.6 Å². The van der Waals surface area contributed by atoms with Crippen LogP contribution < -0.4 is 29.6 Å². The van der Waals surface area contributed by atoms with Gasteiger partial charge in [-0.2, -0.15) is 0 Å². The van der Waals surface area contributed by atoms with Crippen LogP contribution in [0.1, 0.15) is 21.2 Å². The van der Waals surface area contributed by atoms with Crippen LogP contribution >= 0.6 is 7.82 Å². The third-order valence-electron chi connectivity index (χ3n) is 3.82. The fraction of sp³-hybridized carbons (Fsp3) is 0.421. The molecule has 0 amide bonds. The Kier molecular flexibility index (Phi) is 13.9. The first-order chi connectivity index (χ1) is 13.5. The van der Waals surface area contributed by atoms with E-state index in [1.807, 2.05) is 0 Å². The molecule has 9 nitrogen and oxygen atoms in total. The van der Waals surface area contributed by atoms with E-state index < -0.39 is 37.7 Å². The number of carbonyl (C=O) groups excluding carboxylic acids is 1. The minimum absolute atomic E-state index is 0. The summed E-state index contributed by atoms with van der Waals surface area (Å²) < 4.78 is 21.0. The van der Waals surface area contributed by atoms with Gasteiger partial charge in [0.05, 0.1) is 12.7 Å². The molecular weight excluding hydrogens is 426 g/mol. The predicted octanol–water partition coefficient (Wildman–Crippen LogP) is -1.83. The summed E-state index contributed by atoms with van der Waals surface area (Å²) in [5, 5.41) is 29.4. The molecule has 0 bridgehead atoms. The topological polar surface area (TPSA) is 154 Å². The molecule has 11 heteroatoms. The second-order valence-electron chi connectivity index (χ2n) is 6.47. The second kappa shape index (κ2) is 14.3. The molecule has 164 valence electrons. The average molecular weight is 454 g/mol. The Labute approximate surface area is 199 Å². The van der Waals surface area contributed by atoms with Crippen LogP contribution in [-0.4, -0.2) is 61.6 Å². The van der Waals surface area contributed by atoms with Crippen molar-refractivity contribution in [2.24, 2.45) is 0 Å². The van der Waals surface area contributed by atoms with Crippen LogP contribution in [0.15, 0.2) is 60.8 Å². The van der Waals surface area contributed by atoms with E-state index in [9.17, 15) is 19.6 Å². The number of aliphatic hydroxyl groups excluding tert-OH is 2. The van der Waals surface area contributed by atoms with Gasteiger partial charge in [-0.15, -0.1) is 0 Å². The molecule has 1 rings (SSSR count). The van der Waals surface area contributed by atoms with Gasteiger partial charge >= 0.3 is 43.3 Å². The standard InChI is InChI=1S/C19H27O9P.Na.H/c1-19(23,12-11-16-9-7-10-18(22)27-16)17(28-29(24,25)26)14-15(21)8-5-3-2-4-6-13-20;;/h2-8,10-12,15-17,20-21,23H,9,13-14H2,1H3,(H2,24,25,26);;/q;+1;-1/b3-2-,6-4+,8-5-,12-11+;;/t15-,16-,17+,19+;;/m0../s1. The van der Waals surface area contributed by atoms with E-state index in [4.69, 9.17) is 19.6 Å². The minimum atomic E-state index is -4.96. The van der Waals surface area contributed by atoms with Gasteiger partial charge in [0.15, 0.2) is 0 Å². The van der Waals surface area contributed by atoms with E-state index in [0.29, 0.717) is 6.42 Å². The van der Waals surface area contributed by atoms with Gasteiger partial charge in [-0.05, 0) is 13.0 Å². The molecule has 0 aliphatic carbocycles. The first kappa shape index (κ1) is 29.2. The molecule has 0 unspecified atom stereocenters. The van der Waals surface area contributed by atoms with Crippen molar-refractivity contribution in [1.29, 1.82) is 0 Å². The van der Waals surface area contributed by atoms with Crippen molar-refractivity contribution >= 4 is 13.8 Å².